The lowest BCUT2D eigenvalue weighted by Crippen LogP contribution is -2.04. The smallest absolute Gasteiger partial charge is 0.0542 e. The summed E-state index contributed by atoms with van der Waals surface area (Å²) >= 11 is 5.56. The Bertz CT molecular complexity index is 532. The molecule has 17 heavy (non-hydrogen) atoms. The van der Waals surface area contributed by atoms with E-state index in [2.05, 4.69) is 30.4 Å². The third-order valence-corrected chi connectivity index (χ3v) is 3.18. The molecule has 0 fully saturated rings. The van der Waals surface area contributed by atoms with Gasteiger partial charge in [0.2, 0.25) is 0 Å². The van der Waals surface area contributed by atoms with Gasteiger partial charge in [-0.3, -0.25) is 0 Å². The molecule has 2 rings (SSSR count). The van der Waals surface area contributed by atoms with Gasteiger partial charge in [-0.2, -0.15) is 0 Å². The zero-order chi connectivity index (χ0) is 12.3. The fourth-order valence-electron chi connectivity index (χ4n) is 1.81. The van der Waals surface area contributed by atoms with Crippen molar-refractivity contribution >= 4 is 22.8 Å². The van der Waals surface area contributed by atoms with Gasteiger partial charge in [-0.1, -0.05) is 54.2 Å². The van der Waals surface area contributed by atoms with Crippen LogP contribution in [0.15, 0.2) is 48.5 Å². The summed E-state index contributed by atoms with van der Waals surface area (Å²) in [5.41, 5.74) is 4.47. The van der Waals surface area contributed by atoms with Crippen LogP contribution >= 0.6 is 12.2 Å². The van der Waals surface area contributed by atoms with Gasteiger partial charge >= 0.3 is 0 Å². The van der Waals surface area contributed by atoms with Crippen LogP contribution in [-0.2, 0) is 0 Å². The molecule has 0 spiro atoms. The molecule has 0 aliphatic carbocycles. The van der Waals surface area contributed by atoms with Crippen molar-refractivity contribution in [3.8, 4) is 0 Å². The van der Waals surface area contributed by atoms with E-state index in [0.717, 1.165) is 21.7 Å². The Hall–Kier alpha value is -1.67. The Morgan fingerprint density at radius 3 is 2.41 bits per heavy atom. The minimum absolute atomic E-state index is 0.888. The zero-order valence-corrected chi connectivity index (χ0v) is 10.8. The lowest BCUT2D eigenvalue weighted by molar-refractivity contribution is 1.42. The molecule has 0 atom stereocenters. The van der Waals surface area contributed by atoms with E-state index < -0.39 is 0 Å². The van der Waals surface area contributed by atoms with Crippen LogP contribution in [0.3, 0.4) is 0 Å². The molecule has 0 saturated carbocycles. The summed E-state index contributed by atoms with van der Waals surface area (Å²) in [7, 11) is 1.92. The van der Waals surface area contributed by atoms with Gasteiger partial charge in [-0.05, 0) is 24.6 Å². The van der Waals surface area contributed by atoms with E-state index in [1.807, 2.05) is 37.4 Å². The van der Waals surface area contributed by atoms with Crippen LogP contribution in [0.1, 0.15) is 16.7 Å². The predicted molar refractivity (Wildman–Crippen MR) is 78.0 cm³/mol. The van der Waals surface area contributed by atoms with Gasteiger partial charge in [0.1, 0.15) is 0 Å². The summed E-state index contributed by atoms with van der Waals surface area (Å²) in [6.45, 7) is 2.08. The van der Waals surface area contributed by atoms with Crippen molar-refractivity contribution in [3.63, 3.8) is 0 Å². The lowest BCUT2D eigenvalue weighted by atomic mass is 10.0. The third-order valence-electron chi connectivity index (χ3n) is 2.73. The second-order valence-electron chi connectivity index (χ2n) is 3.99. The van der Waals surface area contributed by atoms with Crippen LogP contribution in [0.5, 0.6) is 0 Å². The van der Waals surface area contributed by atoms with Gasteiger partial charge in [-0.15, -0.1) is 0 Å². The number of anilines is 1. The van der Waals surface area contributed by atoms with Crippen LogP contribution in [-0.4, -0.2) is 11.9 Å². The van der Waals surface area contributed by atoms with Crippen molar-refractivity contribution in [2.45, 2.75) is 6.92 Å². The highest BCUT2D eigenvalue weighted by Crippen LogP contribution is 2.21. The first-order valence-electron chi connectivity index (χ1n) is 5.60. The first kappa shape index (κ1) is 11.8. The quantitative estimate of drug-likeness (QED) is 0.648. The van der Waals surface area contributed by atoms with Crippen molar-refractivity contribution < 1.29 is 0 Å². The number of hydrogen-bond acceptors (Lipinski definition) is 2. The first-order chi connectivity index (χ1) is 8.22. The molecule has 2 aromatic rings. The van der Waals surface area contributed by atoms with Crippen LogP contribution in [0, 0.1) is 6.92 Å². The molecular formula is C15H15NS. The lowest BCUT2D eigenvalue weighted by Gasteiger charge is -2.11. The molecule has 0 aromatic heterocycles. The molecule has 0 amide bonds. The van der Waals surface area contributed by atoms with E-state index in [-0.39, 0.29) is 0 Å². The first-order valence-corrected chi connectivity index (χ1v) is 6.01. The topological polar surface area (TPSA) is 12.0 Å². The molecule has 0 aliphatic rings. The minimum atomic E-state index is 0.888. The predicted octanol–water partition coefficient (Wildman–Crippen LogP) is 3.80. The van der Waals surface area contributed by atoms with E-state index in [9.17, 15) is 0 Å². The molecule has 2 heteroatoms. The normalized spacial score (nSPS) is 10.0. The third kappa shape index (κ3) is 2.53. The standard InChI is InChI=1S/C15H15NS/c1-11-8-9-14(16-2)13(10-11)15(17)12-6-4-3-5-7-12/h3-10,16H,1-2H3. The Balaban J connectivity index is 2.47. The number of benzene rings is 2. The van der Waals surface area contributed by atoms with Crippen molar-refractivity contribution in [2.24, 2.45) is 0 Å². The highest BCUT2D eigenvalue weighted by atomic mass is 32.1. The van der Waals surface area contributed by atoms with Gasteiger partial charge in [-0.25, -0.2) is 0 Å². The molecule has 1 N–H and O–H groups in total. The van der Waals surface area contributed by atoms with E-state index >= 15 is 0 Å². The van der Waals surface area contributed by atoms with Gasteiger partial charge in [0.25, 0.3) is 0 Å². The number of hydrogen-bond donors (Lipinski definition) is 1. The summed E-state index contributed by atoms with van der Waals surface area (Å²) in [5, 5.41) is 3.19. The number of thiocarbonyl (C=S) groups is 1. The molecule has 0 radical (unpaired) electrons. The highest BCUT2D eigenvalue weighted by molar-refractivity contribution is 7.81. The monoisotopic (exact) mass is 241 g/mol. The Kier molecular flexibility index (Phi) is 3.55. The molecule has 86 valence electrons. The molecule has 0 saturated heterocycles. The number of aryl methyl sites for hydroxylation is 1. The van der Waals surface area contributed by atoms with E-state index in [1.54, 1.807) is 0 Å². The maximum Gasteiger partial charge on any atom is 0.0542 e. The summed E-state index contributed by atoms with van der Waals surface area (Å²) in [5.74, 6) is 0. The average molecular weight is 241 g/mol. The van der Waals surface area contributed by atoms with Crippen LogP contribution in [0.25, 0.3) is 0 Å². The van der Waals surface area contributed by atoms with Crippen LogP contribution < -0.4 is 5.32 Å². The largest absolute Gasteiger partial charge is 0.388 e. The molecule has 2 aromatic carbocycles. The van der Waals surface area contributed by atoms with E-state index in [4.69, 9.17) is 12.2 Å². The number of rotatable bonds is 3. The van der Waals surface area contributed by atoms with Gasteiger partial charge in [0, 0.05) is 18.3 Å². The Morgan fingerprint density at radius 2 is 1.76 bits per heavy atom. The van der Waals surface area contributed by atoms with E-state index in [0.29, 0.717) is 0 Å². The summed E-state index contributed by atoms with van der Waals surface area (Å²) < 4.78 is 0. The molecule has 0 unspecified atom stereocenters. The summed E-state index contributed by atoms with van der Waals surface area (Å²) in [6, 6.07) is 16.4. The highest BCUT2D eigenvalue weighted by Gasteiger charge is 2.08. The minimum Gasteiger partial charge on any atom is -0.388 e. The second-order valence-corrected chi connectivity index (χ2v) is 4.40. The van der Waals surface area contributed by atoms with Crippen molar-refractivity contribution in [3.05, 3.63) is 65.2 Å². The Morgan fingerprint density at radius 1 is 1.06 bits per heavy atom. The van der Waals surface area contributed by atoms with Gasteiger partial charge in [0.05, 0.1) is 4.86 Å². The van der Waals surface area contributed by atoms with Gasteiger partial charge < -0.3 is 5.32 Å². The molecular weight excluding hydrogens is 226 g/mol. The Labute approximate surface area is 107 Å². The molecule has 0 aliphatic heterocycles. The molecule has 0 bridgehead atoms. The average Bonchev–Trinajstić information content (AvgIpc) is 2.39. The summed E-state index contributed by atoms with van der Waals surface area (Å²) in [4.78, 5) is 0.888. The van der Waals surface area contributed by atoms with E-state index in [1.165, 1.54) is 5.56 Å². The van der Waals surface area contributed by atoms with Crippen LogP contribution in [0.2, 0.25) is 0 Å². The van der Waals surface area contributed by atoms with Crippen LogP contribution in [0.4, 0.5) is 5.69 Å². The molecule has 1 nitrogen and oxygen atoms in total. The number of nitrogens with one attached hydrogen (secondary N) is 1. The van der Waals surface area contributed by atoms with Crippen molar-refractivity contribution in [2.75, 3.05) is 12.4 Å². The maximum absolute atomic E-state index is 5.56. The maximum atomic E-state index is 5.56. The molecule has 0 heterocycles. The fourth-order valence-corrected chi connectivity index (χ4v) is 2.11. The SMILES string of the molecule is CNc1ccc(C)cc1C(=S)c1ccccc1. The fraction of sp³-hybridized carbons (Fsp3) is 0.133. The second kappa shape index (κ2) is 5.11. The van der Waals surface area contributed by atoms with Crippen molar-refractivity contribution in [1.29, 1.82) is 0 Å². The van der Waals surface area contributed by atoms with Crippen molar-refractivity contribution in [1.82, 2.24) is 0 Å². The summed E-state index contributed by atoms with van der Waals surface area (Å²) in [6.07, 6.45) is 0. The zero-order valence-electron chi connectivity index (χ0n) is 10.0. The van der Waals surface area contributed by atoms with Gasteiger partial charge in [0.15, 0.2) is 0 Å².